The maximum absolute atomic E-state index is 5.01. The highest BCUT2D eigenvalue weighted by atomic mass is 14.8. The van der Waals surface area contributed by atoms with E-state index in [4.69, 9.17) is 9.98 Å². The molecule has 0 atom stereocenters. The SMILES string of the molecule is C=C/C=C\C=C(/C)C1=CC(C)=Nc2c(ccc3c(C4=CC=CC=CC4)cc(C)nc23)C1.CC. The van der Waals surface area contributed by atoms with E-state index in [1.54, 1.807) is 6.08 Å². The lowest BCUT2D eigenvalue weighted by Crippen LogP contribution is -1.96. The van der Waals surface area contributed by atoms with E-state index in [1.807, 2.05) is 26.0 Å². The molecule has 0 fully saturated rings. The summed E-state index contributed by atoms with van der Waals surface area (Å²) < 4.78 is 0. The highest BCUT2D eigenvalue weighted by Crippen LogP contribution is 2.38. The van der Waals surface area contributed by atoms with E-state index in [0.717, 1.165) is 35.5 Å². The summed E-state index contributed by atoms with van der Waals surface area (Å²) in [6.07, 6.45) is 22.6. The molecule has 2 heteroatoms. The Labute approximate surface area is 198 Å². The second-order valence-corrected chi connectivity index (χ2v) is 8.06. The van der Waals surface area contributed by atoms with Crippen LogP contribution in [-0.2, 0) is 6.42 Å². The summed E-state index contributed by atoms with van der Waals surface area (Å²) in [5, 5.41) is 1.17. The molecule has 0 radical (unpaired) electrons. The molecule has 33 heavy (non-hydrogen) atoms. The normalized spacial score (nSPS) is 15.7. The van der Waals surface area contributed by atoms with Gasteiger partial charge in [0, 0.05) is 16.8 Å². The number of allylic oxidation sites excluding steroid dienone is 13. The number of hydrogen-bond acceptors (Lipinski definition) is 2. The molecule has 2 aliphatic rings. The Hall–Kier alpha value is -3.52. The standard InChI is InChI=1S/C29H28N2.C2H6/c1-5-6-9-12-20(2)25-17-21(3)30-28-24(19-25)15-16-26-27(18-22(4)31-29(26)28)23-13-10-7-8-11-14-23;1-2/h5-13,15-18H,1,14,19H2,2-4H3;1-2H3/b9-6-,20-12+;. The van der Waals surface area contributed by atoms with Crippen LogP contribution in [-0.4, -0.2) is 10.7 Å². The second kappa shape index (κ2) is 11.4. The summed E-state index contributed by atoms with van der Waals surface area (Å²) in [5.74, 6) is 0. The Morgan fingerprint density at radius 1 is 1.06 bits per heavy atom. The topological polar surface area (TPSA) is 25.2 Å². The third-order valence-electron chi connectivity index (χ3n) is 5.66. The Kier molecular flexibility index (Phi) is 8.32. The Morgan fingerprint density at radius 3 is 2.67 bits per heavy atom. The minimum Gasteiger partial charge on any atom is -0.251 e. The zero-order chi connectivity index (χ0) is 23.8. The first kappa shape index (κ1) is 24.1. The first-order chi connectivity index (χ1) is 16.1. The molecule has 2 heterocycles. The number of aromatic nitrogens is 1. The predicted molar refractivity (Wildman–Crippen MR) is 146 cm³/mol. The highest BCUT2D eigenvalue weighted by Gasteiger charge is 2.17. The molecule has 0 amide bonds. The van der Waals surface area contributed by atoms with Gasteiger partial charge in [-0.3, -0.25) is 9.98 Å². The van der Waals surface area contributed by atoms with Gasteiger partial charge in [0.2, 0.25) is 0 Å². The van der Waals surface area contributed by atoms with Crippen molar-refractivity contribution in [2.75, 3.05) is 0 Å². The van der Waals surface area contributed by atoms with E-state index in [2.05, 4.69) is 88.1 Å². The molecule has 4 rings (SSSR count). The maximum atomic E-state index is 5.01. The molecule has 0 unspecified atom stereocenters. The van der Waals surface area contributed by atoms with Gasteiger partial charge in [0.1, 0.15) is 0 Å². The number of nitrogens with zero attached hydrogens (tertiary/aromatic N) is 2. The second-order valence-electron chi connectivity index (χ2n) is 8.06. The van der Waals surface area contributed by atoms with E-state index >= 15 is 0 Å². The number of benzene rings is 1. The first-order valence-corrected chi connectivity index (χ1v) is 11.7. The average molecular weight is 435 g/mol. The van der Waals surface area contributed by atoms with Gasteiger partial charge in [-0.05, 0) is 73.6 Å². The van der Waals surface area contributed by atoms with Gasteiger partial charge >= 0.3 is 0 Å². The predicted octanol–water partition coefficient (Wildman–Crippen LogP) is 8.73. The minimum atomic E-state index is 0.843. The van der Waals surface area contributed by atoms with E-state index in [1.165, 1.54) is 33.2 Å². The van der Waals surface area contributed by atoms with Gasteiger partial charge in [0.25, 0.3) is 0 Å². The maximum Gasteiger partial charge on any atom is 0.0970 e. The summed E-state index contributed by atoms with van der Waals surface area (Å²) in [4.78, 5) is 9.96. The molecule has 168 valence electrons. The van der Waals surface area contributed by atoms with Gasteiger partial charge in [-0.1, -0.05) is 87.2 Å². The minimum absolute atomic E-state index is 0.843. The lowest BCUT2D eigenvalue weighted by atomic mass is 9.93. The number of hydrogen-bond donors (Lipinski definition) is 0. The summed E-state index contributed by atoms with van der Waals surface area (Å²) >= 11 is 0. The van der Waals surface area contributed by atoms with Crippen molar-refractivity contribution in [3.63, 3.8) is 0 Å². The number of fused-ring (bicyclic) bond motifs is 3. The molecule has 0 saturated heterocycles. The molecule has 0 spiro atoms. The van der Waals surface area contributed by atoms with Gasteiger partial charge in [0.15, 0.2) is 0 Å². The van der Waals surface area contributed by atoms with Crippen molar-refractivity contribution in [2.45, 2.75) is 47.5 Å². The van der Waals surface area contributed by atoms with Crippen LogP contribution in [0.15, 0.2) is 102 Å². The quantitative estimate of drug-likeness (QED) is 0.442. The van der Waals surface area contributed by atoms with Crippen molar-refractivity contribution >= 4 is 27.9 Å². The molecular formula is C31H34N2. The Bertz CT molecular complexity index is 1260. The molecular weight excluding hydrogens is 400 g/mol. The molecule has 1 aromatic heterocycles. The summed E-state index contributed by atoms with van der Waals surface area (Å²) in [6, 6.07) is 6.65. The number of aryl methyl sites for hydroxylation is 1. The number of aliphatic imine (C=N–C) groups is 1. The van der Waals surface area contributed by atoms with Crippen molar-refractivity contribution in [1.29, 1.82) is 0 Å². The van der Waals surface area contributed by atoms with Crippen LogP contribution >= 0.6 is 0 Å². The van der Waals surface area contributed by atoms with Gasteiger partial charge in [0.05, 0.1) is 11.2 Å². The fraction of sp³-hybridized carbons (Fsp3) is 0.226. The van der Waals surface area contributed by atoms with Gasteiger partial charge in [-0.25, -0.2) is 0 Å². The fourth-order valence-corrected chi connectivity index (χ4v) is 4.11. The third-order valence-corrected chi connectivity index (χ3v) is 5.66. The van der Waals surface area contributed by atoms with Crippen molar-refractivity contribution in [1.82, 2.24) is 4.98 Å². The Morgan fingerprint density at radius 2 is 1.88 bits per heavy atom. The van der Waals surface area contributed by atoms with Gasteiger partial charge in [-0.15, -0.1) is 0 Å². The highest BCUT2D eigenvalue weighted by molar-refractivity contribution is 6.04. The smallest absolute Gasteiger partial charge is 0.0970 e. The van der Waals surface area contributed by atoms with Crippen LogP contribution in [0.4, 0.5) is 5.69 Å². The largest absolute Gasteiger partial charge is 0.251 e. The first-order valence-electron chi connectivity index (χ1n) is 11.7. The average Bonchev–Trinajstić information content (AvgIpc) is 3.19. The number of rotatable bonds is 4. The molecule has 0 bridgehead atoms. The van der Waals surface area contributed by atoms with Crippen LogP contribution in [0.1, 0.15) is 50.9 Å². The zero-order valence-electron chi connectivity index (χ0n) is 20.5. The molecule has 1 aliphatic carbocycles. The van der Waals surface area contributed by atoms with E-state index in [-0.39, 0.29) is 0 Å². The van der Waals surface area contributed by atoms with Crippen molar-refractivity contribution in [3.05, 3.63) is 114 Å². The molecule has 1 aromatic carbocycles. The fourth-order valence-electron chi connectivity index (χ4n) is 4.11. The molecule has 0 saturated carbocycles. The van der Waals surface area contributed by atoms with Crippen LogP contribution in [0.3, 0.4) is 0 Å². The van der Waals surface area contributed by atoms with Crippen LogP contribution in [0.5, 0.6) is 0 Å². The van der Waals surface area contributed by atoms with Crippen LogP contribution in [0.25, 0.3) is 16.5 Å². The summed E-state index contributed by atoms with van der Waals surface area (Å²) in [6.45, 7) is 14.0. The van der Waals surface area contributed by atoms with Crippen molar-refractivity contribution in [2.24, 2.45) is 4.99 Å². The van der Waals surface area contributed by atoms with E-state index < -0.39 is 0 Å². The lowest BCUT2D eigenvalue weighted by molar-refractivity contribution is 1.15. The van der Waals surface area contributed by atoms with E-state index in [0.29, 0.717) is 0 Å². The van der Waals surface area contributed by atoms with Crippen LogP contribution in [0, 0.1) is 6.92 Å². The number of pyridine rings is 1. The molecule has 2 nitrogen and oxygen atoms in total. The van der Waals surface area contributed by atoms with Gasteiger partial charge < -0.3 is 0 Å². The lowest BCUT2D eigenvalue weighted by Gasteiger charge is -2.14. The summed E-state index contributed by atoms with van der Waals surface area (Å²) in [5.41, 5.74) is 10.3. The zero-order valence-corrected chi connectivity index (χ0v) is 20.5. The van der Waals surface area contributed by atoms with Crippen LogP contribution < -0.4 is 0 Å². The van der Waals surface area contributed by atoms with Crippen molar-refractivity contribution in [3.8, 4) is 0 Å². The monoisotopic (exact) mass is 434 g/mol. The molecule has 1 aliphatic heterocycles. The van der Waals surface area contributed by atoms with Crippen LogP contribution in [0.2, 0.25) is 0 Å². The van der Waals surface area contributed by atoms with E-state index in [9.17, 15) is 0 Å². The summed E-state index contributed by atoms with van der Waals surface area (Å²) in [7, 11) is 0. The van der Waals surface area contributed by atoms with Crippen molar-refractivity contribution < 1.29 is 0 Å². The third kappa shape index (κ3) is 5.64. The molecule has 0 N–H and O–H groups in total. The van der Waals surface area contributed by atoms with Gasteiger partial charge in [-0.2, -0.15) is 0 Å². The Balaban J connectivity index is 0.00000149. The molecule has 2 aromatic rings.